The van der Waals surface area contributed by atoms with Crippen LogP contribution in [0, 0.1) is 92.7 Å². The SMILES string of the molecule is C[C@@H]1CCC(=O)OCCOC(=O)CC[C@@H](C)[C@H]2CC[C@H]3[C@@H]4[C@@H](O)C[C@@H]5C[C@@H](CC[C@]5(C)[C@H]4CC[C@]23C)NC(=O)CCCC(=O)N[C@@H]2CC[C@@]3(C)[C@@H](C2)C[C@H](O)[C@@H]2[C@@H]3CC[C@]3(C)[C@@H]1CC[C@@H]23. The van der Waals surface area contributed by atoms with Crippen LogP contribution in [0.15, 0.2) is 0 Å². The van der Waals surface area contributed by atoms with Crippen LogP contribution < -0.4 is 10.6 Å². The summed E-state index contributed by atoms with van der Waals surface area (Å²) in [5, 5.41) is 30.7. The van der Waals surface area contributed by atoms with Crippen LogP contribution in [-0.2, 0) is 28.7 Å². The summed E-state index contributed by atoms with van der Waals surface area (Å²) >= 11 is 0. The molecule has 0 aromatic rings. The van der Waals surface area contributed by atoms with Gasteiger partial charge in [-0.2, -0.15) is 0 Å². The number of rotatable bonds is 0. The van der Waals surface area contributed by atoms with Gasteiger partial charge in [0.15, 0.2) is 0 Å². The molecule has 10 nitrogen and oxygen atoms in total. The third-order valence-electron chi connectivity index (χ3n) is 22.6. The Kier molecular flexibility index (Phi) is 13.7. The first kappa shape index (κ1) is 47.8. The van der Waals surface area contributed by atoms with Crippen molar-refractivity contribution in [1.82, 2.24) is 10.6 Å². The summed E-state index contributed by atoms with van der Waals surface area (Å²) in [6.45, 7) is 14.8. The van der Waals surface area contributed by atoms with E-state index in [1.165, 1.54) is 0 Å². The highest BCUT2D eigenvalue weighted by molar-refractivity contribution is 5.79. The Hall–Kier alpha value is -2.20. The zero-order chi connectivity index (χ0) is 46.1. The van der Waals surface area contributed by atoms with Gasteiger partial charge in [0.05, 0.1) is 12.2 Å². The number of carbonyl (C=O) groups excluding carboxylic acids is 4. The Morgan fingerprint density at radius 1 is 0.462 bits per heavy atom. The molecule has 13 rings (SSSR count). The van der Waals surface area contributed by atoms with Crippen molar-refractivity contribution in [2.24, 2.45) is 92.7 Å². The minimum atomic E-state index is -0.329. The Bertz CT molecular complexity index is 1650. The molecule has 0 aromatic heterocycles. The van der Waals surface area contributed by atoms with Gasteiger partial charge in [0.25, 0.3) is 0 Å². The van der Waals surface area contributed by atoms with E-state index in [4.69, 9.17) is 9.47 Å². The van der Waals surface area contributed by atoms with E-state index in [1.54, 1.807) is 0 Å². The molecule has 0 radical (unpaired) electrons. The molecule has 4 N–H and O–H groups in total. The Balaban J connectivity index is 0.857. The molecule has 0 spiro atoms. The van der Waals surface area contributed by atoms with Gasteiger partial charge < -0.3 is 30.3 Å². The highest BCUT2D eigenvalue weighted by Gasteiger charge is 2.65. The van der Waals surface area contributed by atoms with Crippen molar-refractivity contribution in [1.29, 1.82) is 0 Å². The largest absolute Gasteiger partial charge is 0.462 e. The molecule has 2 amide bonds. The average molecular weight is 905 g/mol. The molecule has 5 heterocycles. The van der Waals surface area contributed by atoms with Crippen molar-refractivity contribution in [2.45, 2.75) is 214 Å². The van der Waals surface area contributed by atoms with Crippen LogP contribution in [0.5, 0.6) is 0 Å². The molecule has 13 aliphatic rings. The molecule has 65 heavy (non-hydrogen) atoms. The summed E-state index contributed by atoms with van der Waals surface area (Å²) in [5.74, 6) is 4.71. The summed E-state index contributed by atoms with van der Waals surface area (Å²) in [5.41, 5.74) is 0.609. The number of hydrogen-bond donors (Lipinski definition) is 4. The summed E-state index contributed by atoms with van der Waals surface area (Å²) < 4.78 is 11.2. The van der Waals surface area contributed by atoms with Crippen LogP contribution in [0.4, 0.5) is 0 Å². The van der Waals surface area contributed by atoms with Gasteiger partial charge in [-0.3, -0.25) is 19.2 Å². The lowest BCUT2D eigenvalue weighted by Crippen LogP contribution is -2.59. The van der Waals surface area contributed by atoms with Crippen LogP contribution in [0.3, 0.4) is 0 Å². The van der Waals surface area contributed by atoms with Crippen LogP contribution in [0.1, 0.15) is 189 Å². The molecular weight excluding hydrogens is 817 g/mol. The van der Waals surface area contributed by atoms with E-state index < -0.39 is 0 Å². The van der Waals surface area contributed by atoms with Gasteiger partial charge in [0.2, 0.25) is 11.8 Å². The fourth-order valence-electron chi connectivity index (χ4n) is 19.2. The Labute approximate surface area is 391 Å². The average Bonchev–Trinajstić information content (AvgIpc) is 3.81. The summed E-state index contributed by atoms with van der Waals surface area (Å²) in [6.07, 6.45) is 19.6. The van der Waals surface area contributed by atoms with Crippen molar-refractivity contribution in [3.63, 3.8) is 0 Å². The van der Waals surface area contributed by atoms with E-state index in [-0.39, 0.29) is 82.9 Å². The van der Waals surface area contributed by atoms with Crippen molar-refractivity contribution >= 4 is 23.8 Å². The molecule has 10 heteroatoms. The molecule has 16 bridgehead atoms. The highest BCUT2D eigenvalue weighted by atomic mass is 16.6. The van der Waals surface area contributed by atoms with Crippen molar-refractivity contribution in [3.8, 4) is 0 Å². The van der Waals surface area contributed by atoms with Gasteiger partial charge in [-0.05, 0) is 215 Å². The van der Waals surface area contributed by atoms with E-state index in [2.05, 4.69) is 52.2 Å². The Morgan fingerprint density at radius 2 is 0.831 bits per heavy atom. The molecule has 5 saturated heterocycles. The second kappa shape index (κ2) is 18.6. The number of aliphatic hydroxyl groups is 2. The predicted octanol–water partition coefficient (Wildman–Crippen LogP) is 9.32. The number of carbonyl (C=O) groups is 4. The van der Waals surface area contributed by atoms with Gasteiger partial charge in [-0.1, -0.05) is 41.5 Å². The second-order valence-electron chi connectivity index (χ2n) is 25.5. The number of esters is 2. The summed E-state index contributed by atoms with van der Waals surface area (Å²) in [6, 6.07) is 0.232. The lowest BCUT2D eigenvalue weighted by atomic mass is 9.43. The molecule has 8 aliphatic carbocycles. The minimum absolute atomic E-state index is 0.0436. The zero-order valence-corrected chi connectivity index (χ0v) is 41.3. The molecule has 8 saturated carbocycles. The van der Waals surface area contributed by atoms with E-state index in [0.29, 0.717) is 103 Å². The quantitative estimate of drug-likeness (QED) is 0.176. The van der Waals surface area contributed by atoms with Crippen LogP contribution in [0.25, 0.3) is 0 Å². The van der Waals surface area contributed by atoms with Crippen LogP contribution in [0.2, 0.25) is 0 Å². The second-order valence-corrected chi connectivity index (χ2v) is 25.5. The number of aliphatic hydroxyl groups excluding tert-OH is 2. The molecule has 0 unspecified atom stereocenters. The molecule has 366 valence electrons. The maximum atomic E-state index is 13.4. The van der Waals surface area contributed by atoms with Gasteiger partial charge in [0, 0.05) is 37.8 Å². The van der Waals surface area contributed by atoms with Crippen LogP contribution >= 0.6 is 0 Å². The first-order chi connectivity index (χ1) is 30.9. The van der Waals surface area contributed by atoms with Gasteiger partial charge in [-0.15, -0.1) is 0 Å². The highest BCUT2D eigenvalue weighted by Crippen LogP contribution is 2.70. The lowest BCUT2D eigenvalue weighted by molar-refractivity contribution is -0.167. The topological polar surface area (TPSA) is 151 Å². The van der Waals surface area contributed by atoms with Crippen molar-refractivity contribution in [3.05, 3.63) is 0 Å². The summed E-state index contributed by atoms with van der Waals surface area (Å²) in [4.78, 5) is 52.7. The number of ether oxygens (including phenoxy) is 2. The fraction of sp³-hybridized carbons (Fsp3) is 0.927. The number of nitrogens with one attached hydrogen (secondary N) is 2. The van der Waals surface area contributed by atoms with E-state index >= 15 is 0 Å². The molecule has 13 fully saturated rings. The van der Waals surface area contributed by atoms with Gasteiger partial charge in [-0.25, -0.2) is 0 Å². The monoisotopic (exact) mass is 905 g/mol. The fourth-order valence-corrected chi connectivity index (χ4v) is 19.2. The predicted molar refractivity (Wildman–Crippen MR) is 250 cm³/mol. The standard InChI is InChI=1S/C55H88N2O8/c1-32-10-16-48(62)64-26-27-65-49(63)17-11-33(2)39-13-15-41-51-43(21-25-55(39,41)6)53(4)23-19-37(29-35(53)31-45(51)59)57-47(61)9-7-8-46(60)56-36-18-22-52(3)34(28-36)30-44(58)50-40-14-12-38(32)54(40,5)24-20-42(50)52/h32-45,50-51,58-59H,7-31H2,1-6H3,(H,56,60)(H,57,61)/t32-,33-,34+,35+,36-,37-,38-,39-,40+,41+,42+,43+,44+,45+,50+,51+,52+,53+,54-,55-/m1/s1. The molecular formula is C55H88N2O8. The minimum Gasteiger partial charge on any atom is -0.462 e. The van der Waals surface area contributed by atoms with Gasteiger partial charge >= 0.3 is 11.9 Å². The maximum Gasteiger partial charge on any atom is 0.305 e. The first-order valence-corrected chi connectivity index (χ1v) is 27.2. The van der Waals surface area contributed by atoms with Crippen LogP contribution in [-0.4, -0.2) is 71.5 Å². The lowest BCUT2D eigenvalue weighted by Gasteiger charge is -2.62. The van der Waals surface area contributed by atoms with Gasteiger partial charge in [0.1, 0.15) is 13.2 Å². The third kappa shape index (κ3) is 8.76. The Morgan fingerprint density at radius 3 is 1.25 bits per heavy atom. The number of amides is 2. The molecule has 5 aliphatic heterocycles. The van der Waals surface area contributed by atoms with E-state index in [1.807, 2.05) is 0 Å². The number of hydrogen-bond acceptors (Lipinski definition) is 8. The molecule has 0 aromatic carbocycles. The van der Waals surface area contributed by atoms with Crippen molar-refractivity contribution < 1.29 is 38.9 Å². The third-order valence-corrected chi connectivity index (χ3v) is 22.6. The zero-order valence-electron chi connectivity index (χ0n) is 41.3. The maximum absolute atomic E-state index is 13.4. The van der Waals surface area contributed by atoms with Crippen molar-refractivity contribution in [2.75, 3.05) is 13.2 Å². The van der Waals surface area contributed by atoms with E-state index in [9.17, 15) is 29.4 Å². The first-order valence-electron chi connectivity index (χ1n) is 27.2. The molecule has 20 atom stereocenters. The smallest absolute Gasteiger partial charge is 0.305 e. The van der Waals surface area contributed by atoms with E-state index in [0.717, 1.165) is 116 Å². The normalized spacial score (nSPS) is 51.3. The summed E-state index contributed by atoms with van der Waals surface area (Å²) in [7, 11) is 0.